The van der Waals surface area contributed by atoms with Gasteiger partial charge in [-0.3, -0.25) is 0 Å². The third-order valence-electron chi connectivity index (χ3n) is 3.38. The minimum absolute atomic E-state index is 0.189. The second-order valence-electron chi connectivity index (χ2n) is 4.90. The van der Waals surface area contributed by atoms with E-state index in [1.165, 1.54) is 0 Å². The van der Waals surface area contributed by atoms with E-state index in [0.717, 1.165) is 25.9 Å². The van der Waals surface area contributed by atoms with Gasteiger partial charge in [0.2, 0.25) is 0 Å². The molecule has 1 saturated heterocycles. The van der Waals surface area contributed by atoms with Crippen LogP contribution in [0.3, 0.4) is 0 Å². The summed E-state index contributed by atoms with van der Waals surface area (Å²) in [5.74, 6) is -0.369. The third kappa shape index (κ3) is 4.66. The van der Waals surface area contributed by atoms with E-state index in [0.29, 0.717) is 24.7 Å². The Balaban J connectivity index is 1.85. The molecule has 0 spiro atoms. The maximum absolute atomic E-state index is 12.5. The fourth-order valence-corrected chi connectivity index (χ4v) is 2.19. The predicted octanol–water partition coefficient (Wildman–Crippen LogP) is 2.04. The van der Waals surface area contributed by atoms with Gasteiger partial charge in [-0.2, -0.15) is 13.2 Å². The number of carbonyl (C=O) groups excluding carboxylic acids is 1. The smallest absolute Gasteiger partial charge is 0.433 e. The highest BCUT2D eigenvalue weighted by Crippen LogP contribution is 2.27. The molecule has 0 atom stereocenters. The molecular weight excluding hydrogens is 287 g/mol. The van der Waals surface area contributed by atoms with E-state index in [2.05, 4.69) is 15.3 Å². The van der Waals surface area contributed by atoms with Gasteiger partial charge in [-0.15, -0.1) is 0 Å². The van der Waals surface area contributed by atoms with Gasteiger partial charge < -0.3 is 10.1 Å². The summed E-state index contributed by atoms with van der Waals surface area (Å²) in [6, 6.07) is 0.604. The first-order valence-corrected chi connectivity index (χ1v) is 6.74. The second-order valence-corrected chi connectivity index (χ2v) is 4.90. The van der Waals surface area contributed by atoms with E-state index in [-0.39, 0.29) is 12.3 Å². The van der Waals surface area contributed by atoms with Gasteiger partial charge in [0.05, 0.1) is 6.61 Å². The fourth-order valence-electron chi connectivity index (χ4n) is 2.19. The van der Waals surface area contributed by atoms with Gasteiger partial charge in [-0.25, -0.2) is 14.8 Å². The summed E-state index contributed by atoms with van der Waals surface area (Å²) in [7, 11) is 0. The number of esters is 1. The summed E-state index contributed by atoms with van der Waals surface area (Å²) in [4.78, 5) is 18.3. The molecule has 1 fully saturated rings. The van der Waals surface area contributed by atoms with Crippen LogP contribution in [0.2, 0.25) is 0 Å². The zero-order valence-electron chi connectivity index (χ0n) is 11.3. The lowest BCUT2D eigenvalue weighted by molar-refractivity contribution is -0.141. The maximum Gasteiger partial charge on any atom is 0.433 e. The van der Waals surface area contributed by atoms with Crippen molar-refractivity contribution in [2.75, 3.05) is 19.7 Å². The number of nitrogens with one attached hydrogen (secondary N) is 1. The summed E-state index contributed by atoms with van der Waals surface area (Å²) in [5.41, 5.74) is -1.52. The van der Waals surface area contributed by atoms with E-state index in [1.54, 1.807) is 0 Å². The van der Waals surface area contributed by atoms with Crippen LogP contribution in [0.1, 0.15) is 35.4 Å². The number of hydrogen-bond acceptors (Lipinski definition) is 5. The van der Waals surface area contributed by atoms with Crippen molar-refractivity contribution >= 4 is 5.97 Å². The highest BCUT2D eigenvalue weighted by Gasteiger charge is 2.33. The number of rotatable bonds is 4. The Hall–Kier alpha value is -1.70. The van der Waals surface area contributed by atoms with Crippen molar-refractivity contribution in [2.24, 2.45) is 5.92 Å². The molecule has 0 unspecified atom stereocenters. The average molecular weight is 303 g/mol. The van der Waals surface area contributed by atoms with E-state index < -0.39 is 17.8 Å². The molecule has 2 heterocycles. The van der Waals surface area contributed by atoms with Crippen LogP contribution in [-0.2, 0) is 10.9 Å². The summed E-state index contributed by atoms with van der Waals surface area (Å²) in [6.07, 6.45) is -1.14. The van der Waals surface area contributed by atoms with E-state index in [4.69, 9.17) is 4.74 Å². The number of alkyl halides is 3. The van der Waals surface area contributed by atoms with Gasteiger partial charge in [-0.05, 0) is 38.3 Å². The number of aromatic nitrogens is 2. The van der Waals surface area contributed by atoms with Gasteiger partial charge >= 0.3 is 12.1 Å². The highest BCUT2D eigenvalue weighted by atomic mass is 19.4. The number of nitrogens with zero attached hydrogens (tertiary/aromatic N) is 2. The van der Waals surface area contributed by atoms with Gasteiger partial charge in [0.1, 0.15) is 12.0 Å². The van der Waals surface area contributed by atoms with Crippen LogP contribution in [0.5, 0.6) is 0 Å². The molecular formula is C13H16F3N3O2. The molecule has 0 aliphatic carbocycles. The number of ether oxygens (including phenoxy) is 1. The molecule has 1 aliphatic heterocycles. The third-order valence-corrected chi connectivity index (χ3v) is 3.38. The Morgan fingerprint density at radius 1 is 1.33 bits per heavy atom. The lowest BCUT2D eigenvalue weighted by Gasteiger charge is -2.22. The molecule has 2 rings (SSSR count). The number of halogens is 3. The summed E-state index contributed by atoms with van der Waals surface area (Å²) in [5, 5.41) is 3.23. The van der Waals surface area contributed by atoms with Crippen molar-refractivity contribution in [3.63, 3.8) is 0 Å². The van der Waals surface area contributed by atoms with Crippen LogP contribution < -0.4 is 5.32 Å². The van der Waals surface area contributed by atoms with Crippen LogP contribution in [0.25, 0.3) is 0 Å². The van der Waals surface area contributed by atoms with Crippen LogP contribution >= 0.6 is 0 Å². The number of piperidine rings is 1. The largest absolute Gasteiger partial charge is 0.461 e. The standard InChI is InChI=1S/C13H16F3N3O2/c14-13(15,16)11-7-10(18-8-19-11)12(20)21-6-3-9-1-4-17-5-2-9/h7-9,17H,1-6H2. The van der Waals surface area contributed by atoms with Gasteiger partial charge in [0, 0.05) is 6.07 Å². The molecule has 5 nitrogen and oxygen atoms in total. The Labute approximate surface area is 119 Å². The molecule has 8 heteroatoms. The molecule has 0 aromatic carbocycles. The normalized spacial score (nSPS) is 16.7. The molecule has 1 aromatic rings. The van der Waals surface area contributed by atoms with E-state index in [1.807, 2.05) is 0 Å². The minimum Gasteiger partial charge on any atom is -0.461 e. The second kappa shape index (κ2) is 6.84. The van der Waals surface area contributed by atoms with Crippen molar-refractivity contribution in [3.05, 3.63) is 23.8 Å². The predicted molar refractivity (Wildman–Crippen MR) is 67.5 cm³/mol. The molecule has 21 heavy (non-hydrogen) atoms. The topological polar surface area (TPSA) is 64.1 Å². The molecule has 0 radical (unpaired) electrons. The average Bonchev–Trinajstić information content (AvgIpc) is 2.47. The molecule has 1 N–H and O–H groups in total. The van der Waals surface area contributed by atoms with Crippen molar-refractivity contribution < 1.29 is 22.7 Å². The summed E-state index contributed by atoms with van der Waals surface area (Å²) >= 11 is 0. The Morgan fingerprint density at radius 3 is 2.71 bits per heavy atom. The van der Waals surface area contributed by atoms with Gasteiger partial charge in [0.15, 0.2) is 5.69 Å². The quantitative estimate of drug-likeness (QED) is 0.862. The zero-order chi connectivity index (χ0) is 15.3. The lowest BCUT2D eigenvalue weighted by Crippen LogP contribution is -2.28. The van der Waals surface area contributed by atoms with Crippen molar-refractivity contribution in [1.82, 2.24) is 15.3 Å². The van der Waals surface area contributed by atoms with Crippen LogP contribution in [0, 0.1) is 5.92 Å². The van der Waals surface area contributed by atoms with Crippen LogP contribution in [-0.4, -0.2) is 35.6 Å². The highest BCUT2D eigenvalue weighted by molar-refractivity contribution is 5.87. The van der Waals surface area contributed by atoms with Crippen LogP contribution in [0.15, 0.2) is 12.4 Å². The molecule has 1 aromatic heterocycles. The fraction of sp³-hybridized carbons (Fsp3) is 0.615. The van der Waals surface area contributed by atoms with Gasteiger partial charge in [0.25, 0.3) is 0 Å². The summed E-state index contributed by atoms with van der Waals surface area (Å²) < 4.78 is 42.4. The molecule has 0 bridgehead atoms. The summed E-state index contributed by atoms with van der Waals surface area (Å²) in [6.45, 7) is 2.08. The van der Waals surface area contributed by atoms with E-state index >= 15 is 0 Å². The Kier molecular flexibility index (Phi) is 5.11. The first-order valence-electron chi connectivity index (χ1n) is 6.74. The lowest BCUT2D eigenvalue weighted by atomic mass is 9.95. The van der Waals surface area contributed by atoms with Gasteiger partial charge in [-0.1, -0.05) is 0 Å². The Bertz CT molecular complexity index is 488. The maximum atomic E-state index is 12.5. The SMILES string of the molecule is O=C(OCCC1CCNCC1)c1cc(C(F)(F)F)ncn1. The van der Waals surface area contributed by atoms with Crippen LogP contribution in [0.4, 0.5) is 13.2 Å². The molecule has 0 amide bonds. The minimum atomic E-state index is -4.60. The zero-order valence-corrected chi connectivity index (χ0v) is 11.3. The first-order chi connectivity index (χ1) is 9.97. The molecule has 116 valence electrons. The Morgan fingerprint density at radius 2 is 2.05 bits per heavy atom. The molecule has 0 saturated carbocycles. The monoisotopic (exact) mass is 303 g/mol. The van der Waals surface area contributed by atoms with Crippen molar-refractivity contribution in [1.29, 1.82) is 0 Å². The first kappa shape index (κ1) is 15.7. The molecule has 1 aliphatic rings. The van der Waals surface area contributed by atoms with Crippen molar-refractivity contribution in [2.45, 2.75) is 25.4 Å². The van der Waals surface area contributed by atoms with Crippen molar-refractivity contribution in [3.8, 4) is 0 Å². The van der Waals surface area contributed by atoms with E-state index in [9.17, 15) is 18.0 Å². The number of carbonyl (C=O) groups is 1. The number of hydrogen-bond donors (Lipinski definition) is 1.